The maximum Gasteiger partial charge on any atom is 0.331 e. The van der Waals surface area contributed by atoms with E-state index in [1.54, 1.807) is 24.3 Å². The fraction of sp³-hybridized carbons (Fsp3) is 0.158. The topological polar surface area (TPSA) is 64.6 Å². The Morgan fingerprint density at radius 3 is 2.52 bits per heavy atom. The van der Waals surface area contributed by atoms with Crippen molar-refractivity contribution >= 4 is 35.2 Å². The van der Waals surface area contributed by atoms with E-state index in [9.17, 15) is 9.59 Å². The summed E-state index contributed by atoms with van der Waals surface area (Å²) >= 11 is 5.98. The lowest BCUT2D eigenvalue weighted by Gasteiger charge is -2.08. The average molecular weight is 360 g/mol. The largest absolute Gasteiger partial charge is 0.495 e. The molecule has 2 rings (SSSR count). The zero-order valence-corrected chi connectivity index (χ0v) is 14.7. The van der Waals surface area contributed by atoms with Crippen molar-refractivity contribution in [2.45, 2.75) is 6.92 Å². The molecule has 5 nitrogen and oxygen atoms in total. The van der Waals surface area contributed by atoms with Gasteiger partial charge in [-0.25, -0.2) is 4.79 Å². The Kier molecular flexibility index (Phi) is 6.60. The SMILES string of the molecule is COc1ccc(NC(=O)COC(=O)/C=C/c2ccc(C)cc2)cc1Cl. The van der Waals surface area contributed by atoms with E-state index in [4.69, 9.17) is 21.1 Å². The fourth-order valence-corrected chi connectivity index (χ4v) is 2.23. The van der Waals surface area contributed by atoms with E-state index in [2.05, 4.69) is 5.32 Å². The lowest BCUT2D eigenvalue weighted by Crippen LogP contribution is -2.20. The molecule has 130 valence electrons. The summed E-state index contributed by atoms with van der Waals surface area (Å²) in [6, 6.07) is 12.5. The molecule has 0 radical (unpaired) electrons. The van der Waals surface area contributed by atoms with Crippen LogP contribution in [-0.4, -0.2) is 25.6 Å². The molecule has 0 saturated heterocycles. The number of aryl methyl sites for hydroxylation is 1. The van der Waals surface area contributed by atoms with Crippen LogP contribution >= 0.6 is 11.6 Å². The number of amides is 1. The Balaban J connectivity index is 1.82. The van der Waals surface area contributed by atoms with Crippen LogP contribution in [0.25, 0.3) is 6.08 Å². The Hall–Kier alpha value is -2.79. The van der Waals surface area contributed by atoms with Crippen molar-refractivity contribution in [3.8, 4) is 5.75 Å². The number of nitrogens with one attached hydrogen (secondary N) is 1. The zero-order chi connectivity index (χ0) is 18.2. The van der Waals surface area contributed by atoms with E-state index in [1.165, 1.54) is 13.2 Å². The smallest absolute Gasteiger partial charge is 0.331 e. The number of esters is 1. The molecule has 0 atom stereocenters. The summed E-state index contributed by atoms with van der Waals surface area (Å²) < 4.78 is 9.93. The molecule has 0 saturated carbocycles. The molecular weight excluding hydrogens is 342 g/mol. The van der Waals surface area contributed by atoms with Crippen LogP contribution in [0.4, 0.5) is 5.69 Å². The van der Waals surface area contributed by atoms with Crippen molar-refractivity contribution in [3.63, 3.8) is 0 Å². The third-order valence-electron chi connectivity index (χ3n) is 3.27. The summed E-state index contributed by atoms with van der Waals surface area (Å²) in [5, 5.41) is 2.96. The van der Waals surface area contributed by atoms with Crippen LogP contribution < -0.4 is 10.1 Å². The summed E-state index contributed by atoms with van der Waals surface area (Å²) in [7, 11) is 1.50. The van der Waals surface area contributed by atoms with E-state index >= 15 is 0 Å². The van der Waals surface area contributed by atoms with Gasteiger partial charge in [-0.15, -0.1) is 0 Å². The van der Waals surface area contributed by atoms with Gasteiger partial charge in [0.05, 0.1) is 12.1 Å². The van der Waals surface area contributed by atoms with Crippen LogP contribution in [0, 0.1) is 6.92 Å². The van der Waals surface area contributed by atoms with Crippen molar-refractivity contribution in [2.75, 3.05) is 19.0 Å². The molecule has 1 N–H and O–H groups in total. The summed E-state index contributed by atoms with van der Waals surface area (Å²) in [6.45, 7) is 1.59. The third kappa shape index (κ3) is 5.97. The highest BCUT2D eigenvalue weighted by Gasteiger charge is 2.08. The van der Waals surface area contributed by atoms with Crippen LogP contribution in [0.2, 0.25) is 5.02 Å². The van der Waals surface area contributed by atoms with E-state index in [0.29, 0.717) is 16.5 Å². The van der Waals surface area contributed by atoms with Crippen molar-refractivity contribution in [1.82, 2.24) is 0 Å². The fourth-order valence-electron chi connectivity index (χ4n) is 1.97. The van der Waals surface area contributed by atoms with E-state index in [-0.39, 0.29) is 6.61 Å². The average Bonchev–Trinajstić information content (AvgIpc) is 2.59. The first-order valence-corrected chi connectivity index (χ1v) is 7.90. The Morgan fingerprint density at radius 2 is 1.88 bits per heavy atom. The van der Waals surface area contributed by atoms with Gasteiger partial charge in [0, 0.05) is 11.8 Å². The van der Waals surface area contributed by atoms with Gasteiger partial charge in [-0.3, -0.25) is 4.79 Å². The molecule has 0 bridgehead atoms. The van der Waals surface area contributed by atoms with Crippen LogP contribution in [0.15, 0.2) is 48.5 Å². The molecule has 0 aliphatic rings. The first-order valence-electron chi connectivity index (χ1n) is 7.53. The number of methoxy groups -OCH3 is 1. The molecule has 0 aromatic heterocycles. The summed E-state index contributed by atoms with van der Waals surface area (Å²) in [5.41, 5.74) is 2.50. The van der Waals surface area contributed by atoms with Crippen LogP contribution in [0.5, 0.6) is 5.75 Å². The molecule has 25 heavy (non-hydrogen) atoms. The van der Waals surface area contributed by atoms with Crippen LogP contribution in [0.1, 0.15) is 11.1 Å². The number of benzene rings is 2. The second-order valence-corrected chi connectivity index (χ2v) is 5.66. The number of anilines is 1. The maximum absolute atomic E-state index is 11.8. The third-order valence-corrected chi connectivity index (χ3v) is 3.57. The lowest BCUT2D eigenvalue weighted by atomic mass is 10.1. The second-order valence-electron chi connectivity index (χ2n) is 5.25. The van der Waals surface area contributed by atoms with Crippen molar-refractivity contribution < 1.29 is 19.1 Å². The normalized spacial score (nSPS) is 10.5. The van der Waals surface area contributed by atoms with Gasteiger partial charge in [0.15, 0.2) is 6.61 Å². The number of rotatable bonds is 6. The highest BCUT2D eigenvalue weighted by atomic mass is 35.5. The number of carbonyl (C=O) groups excluding carboxylic acids is 2. The molecular formula is C19H18ClNO4. The van der Waals surface area contributed by atoms with Gasteiger partial charge in [-0.2, -0.15) is 0 Å². The first kappa shape index (κ1) is 18.5. The van der Waals surface area contributed by atoms with Crippen molar-refractivity contribution in [2.24, 2.45) is 0 Å². The predicted molar refractivity (Wildman–Crippen MR) is 97.8 cm³/mol. The zero-order valence-electron chi connectivity index (χ0n) is 13.9. The lowest BCUT2D eigenvalue weighted by molar-refractivity contribution is -0.142. The van der Waals surface area contributed by atoms with E-state index < -0.39 is 11.9 Å². The van der Waals surface area contributed by atoms with Gasteiger partial charge in [-0.1, -0.05) is 41.4 Å². The van der Waals surface area contributed by atoms with Gasteiger partial charge in [-0.05, 0) is 36.8 Å². The summed E-state index contributed by atoms with van der Waals surface area (Å²) in [6.07, 6.45) is 2.91. The molecule has 0 spiro atoms. The van der Waals surface area contributed by atoms with Crippen LogP contribution in [-0.2, 0) is 14.3 Å². The molecule has 0 fully saturated rings. The van der Waals surface area contributed by atoms with Gasteiger partial charge in [0.25, 0.3) is 5.91 Å². The number of hydrogen-bond acceptors (Lipinski definition) is 4. The minimum atomic E-state index is -0.594. The summed E-state index contributed by atoms with van der Waals surface area (Å²) in [4.78, 5) is 23.5. The minimum absolute atomic E-state index is 0.373. The number of hydrogen-bond donors (Lipinski definition) is 1. The summed E-state index contributed by atoms with van der Waals surface area (Å²) in [5.74, 6) is -0.547. The second kappa shape index (κ2) is 8.89. The van der Waals surface area contributed by atoms with Gasteiger partial charge in [0.1, 0.15) is 5.75 Å². The Labute approximate surface area is 151 Å². The van der Waals surface area contributed by atoms with Gasteiger partial charge in [0.2, 0.25) is 0 Å². The molecule has 0 unspecified atom stereocenters. The van der Waals surface area contributed by atoms with Crippen LogP contribution in [0.3, 0.4) is 0 Å². The van der Waals surface area contributed by atoms with E-state index in [1.807, 2.05) is 31.2 Å². The van der Waals surface area contributed by atoms with Gasteiger partial charge < -0.3 is 14.8 Å². The quantitative estimate of drug-likeness (QED) is 0.628. The molecule has 0 aliphatic heterocycles. The molecule has 2 aromatic carbocycles. The Bertz CT molecular complexity index is 785. The first-order chi connectivity index (χ1) is 12.0. The van der Waals surface area contributed by atoms with E-state index in [0.717, 1.165) is 11.1 Å². The van der Waals surface area contributed by atoms with Crippen molar-refractivity contribution in [1.29, 1.82) is 0 Å². The molecule has 0 aliphatic carbocycles. The predicted octanol–water partition coefficient (Wildman–Crippen LogP) is 3.85. The van der Waals surface area contributed by atoms with Crippen molar-refractivity contribution in [3.05, 3.63) is 64.7 Å². The highest BCUT2D eigenvalue weighted by molar-refractivity contribution is 6.32. The number of carbonyl (C=O) groups is 2. The number of halogens is 1. The molecule has 2 aromatic rings. The highest BCUT2D eigenvalue weighted by Crippen LogP contribution is 2.27. The van der Waals surface area contributed by atoms with Gasteiger partial charge >= 0.3 is 5.97 Å². The Morgan fingerprint density at radius 1 is 1.16 bits per heavy atom. The molecule has 0 heterocycles. The molecule has 1 amide bonds. The minimum Gasteiger partial charge on any atom is -0.495 e. The monoisotopic (exact) mass is 359 g/mol. The molecule has 6 heteroatoms. The maximum atomic E-state index is 11.8. The number of ether oxygens (including phenoxy) is 2. The standard InChI is InChI=1S/C19H18ClNO4/c1-13-3-5-14(6-4-13)7-10-19(23)25-12-18(22)21-15-8-9-17(24-2)16(20)11-15/h3-11H,12H2,1-2H3,(H,21,22)/b10-7+.